The molecule has 1 saturated heterocycles. The second-order valence-electron chi connectivity index (χ2n) is 7.57. The van der Waals surface area contributed by atoms with Crippen molar-refractivity contribution in [3.63, 3.8) is 0 Å². The highest BCUT2D eigenvalue weighted by Crippen LogP contribution is 2.39. The van der Waals surface area contributed by atoms with E-state index in [0.717, 1.165) is 16.8 Å². The van der Waals surface area contributed by atoms with Crippen LogP contribution in [0.5, 0.6) is 0 Å². The SMILES string of the molecule is CN1C(=O)C(NC(=O)CNC(=O)C2CC(O)CN2)c2ccccc2-c2ccccc21. The van der Waals surface area contributed by atoms with E-state index < -0.39 is 24.1 Å². The van der Waals surface area contributed by atoms with Gasteiger partial charge in [0.1, 0.15) is 6.04 Å². The fourth-order valence-electron chi connectivity index (χ4n) is 3.99. The summed E-state index contributed by atoms with van der Waals surface area (Å²) < 4.78 is 0. The molecular formula is C22H24N4O4. The number of likely N-dealkylation sites (N-methyl/N-ethyl adjacent to an activating group) is 1. The molecule has 0 aliphatic carbocycles. The zero-order valence-electron chi connectivity index (χ0n) is 16.6. The van der Waals surface area contributed by atoms with Crippen molar-refractivity contribution in [2.45, 2.75) is 24.6 Å². The van der Waals surface area contributed by atoms with Gasteiger partial charge in [0.05, 0.1) is 24.4 Å². The lowest BCUT2D eigenvalue weighted by Gasteiger charge is -2.23. The first-order valence-electron chi connectivity index (χ1n) is 9.90. The lowest BCUT2D eigenvalue weighted by molar-refractivity contribution is -0.129. The number of nitrogens with zero attached hydrogens (tertiary/aromatic N) is 1. The molecule has 2 aliphatic rings. The Balaban J connectivity index is 1.52. The predicted octanol–water partition coefficient (Wildman–Crippen LogP) is 0.326. The number of para-hydroxylation sites is 1. The Labute approximate surface area is 174 Å². The Hall–Kier alpha value is -3.23. The summed E-state index contributed by atoms with van der Waals surface area (Å²) >= 11 is 0. The van der Waals surface area contributed by atoms with Crippen LogP contribution in [0.2, 0.25) is 0 Å². The molecule has 0 bridgehead atoms. The van der Waals surface area contributed by atoms with Gasteiger partial charge < -0.3 is 26.0 Å². The van der Waals surface area contributed by atoms with Crippen molar-refractivity contribution in [1.29, 1.82) is 0 Å². The molecular weight excluding hydrogens is 384 g/mol. The van der Waals surface area contributed by atoms with Crippen molar-refractivity contribution in [3.8, 4) is 11.1 Å². The third kappa shape index (κ3) is 3.79. The maximum absolute atomic E-state index is 13.2. The molecule has 8 heteroatoms. The normalized spacial score (nSPS) is 22.7. The molecule has 8 nitrogen and oxygen atoms in total. The quantitative estimate of drug-likeness (QED) is 0.583. The third-order valence-corrected chi connectivity index (χ3v) is 5.56. The second kappa shape index (κ2) is 8.25. The third-order valence-electron chi connectivity index (χ3n) is 5.56. The summed E-state index contributed by atoms with van der Waals surface area (Å²) in [7, 11) is 1.69. The van der Waals surface area contributed by atoms with Crippen LogP contribution < -0.4 is 20.9 Å². The van der Waals surface area contributed by atoms with Crippen LogP contribution in [-0.2, 0) is 14.4 Å². The fraction of sp³-hybridized carbons (Fsp3) is 0.318. The van der Waals surface area contributed by atoms with Gasteiger partial charge in [-0.15, -0.1) is 0 Å². The van der Waals surface area contributed by atoms with E-state index >= 15 is 0 Å². The average Bonchev–Trinajstić information content (AvgIpc) is 3.18. The molecule has 0 spiro atoms. The number of hydrogen-bond acceptors (Lipinski definition) is 5. The van der Waals surface area contributed by atoms with E-state index in [9.17, 15) is 19.5 Å². The number of fused-ring (bicyclic) bond motifs is 3. The number of anilines is 1. The minimum atomic E-state index is -0.866. The number of hydrogen-bond donors (Lipinski definition) is 4. The van der Waals surface area contributed by atoms with Crippen molar-refractivity contribution in [3.05, 3.63) is 54.1 Å². The van der Waals surface area contributed by atoms with Crippen molar-refractivity contribution in [2.24, 2.45) is 0 Å². The minimum Gasteiger partial charge on any atom is -0.392 e. The van der Waals surface area contributed by atoms with Crippen LogP contribution in [0, 0.1) is 0 Å². The monoisotopic (exact) mass is 408 g/mol. The molecule has 0 aromatic heterocycles. The Bertz CT molecular complexity index is 993. The zero-order valence-corrected chi connectivity index (χ0v) is 16.6. The Morgan fingerprint density at radius 2 is 1.83 bits per heavy atom. The largest absolute Gasteiger partial charge is 0.392 e. The van der Waals surface area contributed by atoms with Crippen LogP contribution in [0.4, 0.5) is 5.69 Å². The molecule has 1 fully saturated rings. The van der Waals surface area contributed by atoms with Crippen LogP contribution in [0.15, 0.2) is 48.5 Å². The number of rotatable bonds is 4. The van der Waals surface area contributed by atoms with Gasteiger partial charge in [-0.3, -0.25) is 14.4 Å². The topological polar surface area (TPSA) is 111 Å². The first-order valence-corrected chi connectivity index (χ1v) is 9.90. The molecule has 3 atom stereocenters. The minimum absolute atomic E-state index is 0.254. The molecule has 0 radical (unpaired) electrons. The number of benzene rings is 2. The number of nitrogens with one attached hydrogen (secondary N) is 3. The zero-order chi connectivity index (χ0) is 21.3. The summed E-state index contributed by atoms with van der Waals surface area (Å²) in [6, 6.07) is 13.7. The molecule has 30 heavy (non-hydrogen) atoms. The summed E-state index contributed by atoms with van der Waals surface area (Å²) in [5, 5.41) is 17.8. The summed E-state index contributed by atoms with van der Waals surface area (Å²) in [5.74, 6) is -1.07. The first kappa shape index (κ1) is 20.1. The standard InChI is InChI=1S/C22H24N4O4/c1-26-18-9-5-4-7-15(18)14-6-2-3-8-16(14)20(22(26)30)25-19(28)12-24-21(29)17-10-13(27)11-23-17/h2-9,13,17,20,23,27H,10-12H2,1H3,(H,24,29)(H,25,28). The van der Waals surface area contributed by atoms with Crippen LogP contribution in [0.3, 0.4) is 0 Å². The van der Waals surface area contributed by atoms with E-state index in [1.165, 1.54) is 0 Å². The Kier molecular flexibility index (Phi) is 5.52. The van der Waals surface area contributed by atoms with Gasteiger partial charge >= 0.3 is 0 Å². The summed E-state index contributed by atoms with van der Waals surface area (Å²) in [6.07, 6.45) is -0.253. The number of aliphatic hydroxyl groups is 1. The predicted molar refractivity (Wildman–Crippen MR) is 112 cm³/mol. The highest BCUT2D eigenvalue weighted by molar-refractivity contribution is 6.06. The fourth-order valence-corrected chi connectivity index (χ4v) is 3.99. The van der Waals surface area contributed by atoms with Crippen LogP contribution in [0.1, 0.15) is 18.0 Å². The highest BCUT2D eigenvalue weighted by Gasteiger charge is 2.33. The van der Waals surface area contributed by atoms with Gasteiger partial charge in [0.25, 0.3) is 5.91 Å². The van der Waals surface area contributed by atoms with Crippen LogP contribution >= 0.6 is 0 Å². The number of aliphatic hydroxyl groups excluding tert-OH is 1. The first-order chi connectivity index (χ1) is 14.5. The smallest absolute Gasteiger partial charge is 0.253 e. The number of amides is 3. The van der Waals surface area contributed by atoms with Gasteiger partial charge in [-0.25, -0.2) is 0 Å². The Morgan fingerprint density at radius 3 is 2.57 bits per heavy atom. The molecule has 3 amide bonds. The van der Waals surface area contributed by atoms with E-state index in [4.69, 9.17) is 0 Å². The Morgan fingerprint density at radius 1 is 1.13 bits per heavy atom. The van der Waals surface area contributed by atoms with E-state index in [2.05, 4.69) is 16.0 Å². The summed E-state index contributed by atoms with van der Waals surface area (Å²) in [6.45, 7) is 0.0975. The molecule has 2 aromatic rings. The number of carbonyl (C=O) groups excluding carboxylic acids is 3. The molecule has 0 saturated carbocycles. The van der Waals surface area contributed by atoms with Crippen molar-refractivity contribution in [2.75, 3.05) is 25.0 Å². The van der Waals surface area contributed by atoms with Crippen molar-refractivity contribution >= 4 is 23.4 Å². The van der Waals surface area contributed by atoms with Crippen molar-refractivity contribution < 1.29 is 19.5 Å². The number of β-amino-alcohol motifs (C(OH)–C–C–N with tert-alkyl or cyclic N) is 1. The molecule has 2 aliphatic heterocycles. The average molecular weight is 408 g/mol. The maximum Gasteiger partial charge on any atom is 0.253 e. The maximum atomic E-state index is 13.2. The van der Waals surface area contributed by atoms with Gasteiger partial charge in [-0.05, 0) is 23.6 Å². The highest BCUT2D eigenvalue weighted by atomic mass is 16.3. The van der Waals surface area contributed by atoms with Crippen molar-refractivity contribution in [1.82, 2.24) is 16.0 Å². The lowest BCUT2D eigenvalue weighted by Crippen LogP contribution is -2.47. The molecule has 4 N–H and O–H groups in total. The van der Waals surface area contributed by atoms with Gasteiger partial charge in [0.15, 0.2) is 0 Å². The van der Waals surface area contributed by atoms with Gasteiger partial charge in [-0.2, -0.15) is 0 Å². The second-order valence-corrected chi connectivity index (χ2v) is 7.57. The molecule has 3 unspecified atom stereocenters. The molecule has 2 aromatic carbocycles. The molecule has 4 rings (SSSR count). The van der Waals surface area contributed by atoms with Crippen LogP contribution in [0.25, 0.3) is 11.1 Å². The van der Waals surface area contributed by atoms with Crippen LogP contribution in [-0.4, -0.2) is 55.1 Å². The van der Waals surface area contributed by atoms with E-state index in [1.54, 1.807) is 11.9 Å². The van der Waals surface area contributed by atoms with E-state index in [-0.39, 0.29) is 18.4 Å². The molecule has 156 valence electrons. The summed E-state index contributed by atoms with van der Waals surface area (Å²) in [4.78, 5) is 39.5. The van der Waals surface area contributed by atoms with Gasteiger partial charge in [0, 0.05) is 19.2 Å². The molecule has 2 heterocycles. The summed E-state index contributed by atoms with van der Waals surface area (Å²) in [5.41, 5.74) is 3.27. The van der Waals surface area contributed by atoms with E-state index in [0.29, 0.717) is 18.5 Å². The lowest BCUT2D eigenvalue weighted by atomic mass is 9.95. The number of carbonyl (C=O) groups is 3. The van der Waals surface area contributed by atoms with Gasteiger partial charge in [0.2, 0.25) is 11.8 Å². The van der Waals surface area contributed by atoms with E-state index in [1.807, 2.05) is 48.5 Å². The van der Waals surface area contributed by atoms with Gasteiger partial charge in [-0.1, -0.05) is 42.5 Å².